The van der Waals surface area contributed by atoms with Crippen molar-refractivity contribution < 1.29 is 9.53 Å². The van der Waals surface area contributed by atoms with Gasteiger partial charge in [0.2, 0.25) is 5.91 Å². The first-order valence-corrected chi connectivity index (χ1v) is 7.02. The lowest BCUT2D eigenvalue weighted by molar-refractivity contribution is -0.121. The summed E-state index contributed by atoms with van der Waals surface area (Å²) in [6.45, 7) is 2.59. The molecule has 6 nitrogen and oxygen atoms in total. The average molecular weight is 286 g/mol. The number of carbonyl (C=O) groups excluding carboxylic acids is 1. The Labute approximate surface area is 123 Å². The second kappa shape index (κ2) is 5.65. The van der Waals surface area contributed by atoms with Crippen LogP contribution in [0.3, 0.4) is 0 Å². The molecule has 1 aliphatic rings. The van der Waals surface area contributed by atoms with Crippen molar-refractivity contribution in [3.63, 3.8) is 0 Å². The Hall–Kier alpha value is -2.21. The molecule has 0 spiro atoms. The highest BCUT2D eigenvalue weighted by Crippen LogP contribution is 2.24. The van der Waals surface area contributed by atoms with E-state index in [4.69, 9.17) is 4.74 Å². The van der Waals surface area contributed by atoms with Crippen LogP contribution in [0, 0.1) is 5.92 Å². The number of hydrogen-bond acceptors (Lipinski definition) is 4. The van der Waals surface area contributed by atoms with Gasteiger partial charge in [-0.3, -0.25) is 9.48 Å². The van der Waals surface area contributed by atoms with E-state index in [-0.39, 0.29) is 17.9 Å². The van der Waals surface area contributed by atoms with Gasteiger partial charge in [0.25, 0.3) is 0 Å². The van der Waals surface area contributed by atoms with Crippen molar-refractivity contribution in [2.75, 3.05) is 11.9 Å². The minimum absolute atomic E-state index is 0.00568. The van der Waals surface area contributed by atoms with Gasteiger partial charge in [0, 0.05) is 24.9 Å². The van der Waals surface area contributed by atoms with Crippen molar-refractivity contribution in [3.05, 3.63) is 30.6 Å². The molecule has 0 aliphatic carbocycles. The Balaban J connectivity index is 1.76. The van der Waals surface area contributed by atoms with Crippen LogP contribution in [0.5, 0.6) is 0 Å². The SMILES string of the molecule is C[C@H]1OCC[C@@H]1C(=O)Nc1cccc(-c2ncn(C)n2)c1. The van der Waals surface area contributed by atoms with Crippen LogP contribution in [0.4, 0.5) is 5.69 Å². The Morgan fingerprint density at radius 2 is 2.33 bits per heavy atom. The lowest BCUT2D eigenvalue weighted by Gasteiger charge is -2.14. The van der Waals surface area contributed by atoms with Crippen molar-refractivity contribution >= 4 is 11.6 Å². The highest BCUT2D eigenvalue weighted by Gasteiger charge is 2.30. The van der Waals surface area contributed by atoms with Crippen molar-refractivity contribution in [2.45, 2.75) is 19.4 Å². The second-order valence-corrected chi connectivity index (χ2v) is 5.28. The summed E-state index contributed by atoms with van der Waals surface area (Å²) >= 11 is 0. The molecule has 3 rings (SSSR count). The summed E-state index contributed by atoms with van der Waals surface area (Å²) in [6.07, 6.45) is 2.40. The number of carbonyl (C=O) groups is 1. The molecular formula is C15H18N4O2. The quantitative estimate of drug-likeness (QED) is 0.935. The normalized spacial score (nSPS) is 21.4. The molecule has 6 heteroatoms. The van der Waals surface area contributed by atoms with Gasteiger partial charge in [-0.1, -0.05) is 12.1 Å². The third-order valence-corrected chi connectivity index (χ3v) is 3.70. The van der Waals surface area contributed by atoms with Gasteiger partial charge in [-0.25, -0.2) is 4.98 Å². The topological polar surface area (TPSA) is 69.0 Å². The fraction of sp³-hybridized carbons (Fsp3) is 0.400. The zero-order chi connectivity index (χ0) is 14.8. The molecule has 1 aliphatic heterocycles. The van der Waals surface area contributed by atoms with Gasteiger partial charge >= 0.3 is 0 Å². The van der Waals surface area contributed by atoms with Crippen LogP contribution < -0.4 is 5.32 Å². The van der Waals surface area contributed by atoms with Crippen LogP contribution in [-0.4, -0.2) is 33.4 Å². The molecule has 0 saturated carbocycles. The molecular weight excluding hydrogens is 268 g/mol. The van der Waals surface area contributed by atoms with Crippen molar-refractivity contribution in [2.24, 2.45) is 13.0 Å². The van der Waals surface area contributed by atoms with E-state index >= 15 is 0 Å². The number of hydrogen-bond donors (Lipinski definition) is 1. The van der Waals surface area contributed by atoms with Gasteiger partial charge in [-0.2, -0.15) is 5.10 Å². The molecule has 1 N–H and O–H groups in total. The molecule has 1 amide bonds. The van der Waals surface area contributed by atoms with Gasteiger partial charge in [-0.05, 0) is 25.5 Å². The van der Waals surface area contributed by atoms with E-state index < -0.39 is 0 Å². The van der Waals surface area contributed by atoms with Crippen LogP contribution in [-0.2, 0) is 16.6 Å². The average Bonchev–Trinajstić information content (AvgIpc) is 3.08. The summed E-state index contributed by atoms with van der Waals surface area (Å²) in [5.41, 5.74) is 1.63. The van der Waals surface area contributed by atoms with Gasteiger partial charge in [0.05, 0.1) is 12.0 Å². The third-order valence-electron chi connectivity index (χ3n) is 3.70. The summed E-state index contributed by atoms with van der Waals surface area (Å²) in [6, 6.07) is 7.56. The summed E-state index contributed by atoms with van der Waals surface area (Å²) in [5, 5.41) is 7.21. The minimum atomic E-state index is -0.0818. The third kappa shape index (κ3) is 2.95. The second-order valence-electron chi connectivity index (χ2n) is 5.28. The summed E-state index contributed by atoms with van der Waals surface area (Å²) in [5.74, 6) is 0.568. The molecule has 1 saturated heterocycles. The predicted octanol–water partition coefficient (Wildman–Crippen LogP) is 1.85. The maximum Gasteiger partial charge on any atom is 0.230 e. The first-order chi connectivity index (χ1) is 10.1. The van der Waals surface area contributed by atoms with Crippen molar-refractivity contribution in [1.82, 2.24) is 14.8 Å². The standard InChI is InChI=1S/C15H18N4O2/c1-10-13(6-7-21-10)15(20)17-12-5-3-4-11(8-12)14-16-9-19(2)18-14/h3-5,8-10,13H,6-7H2,1-2H3,(H,17,20)/t10-,13+/m1/s1. The maximum atomic E-state index is 12.3. The molecule has 1 aromatic heterocycles. The first-order valence-electron chi connectivity index (χ1n) is 7.02. The summed E-state index contributed by atoms with van der Waals surface area (Å²) in [4.78, 5) is 16.5. The zero-order valence-corrected chi connectivity index (χ0v) is 12.1. The Bertz CT molecular complexity index is 653. The number of aromatic nitrogens is 3. The molecule has 2 aromatic rings. The lowest BCUT2D eigenvalue weighted by Crippen LogP contribution is -2.27. The molecule has 0 unspecified atom stereocenters. The van der Waals surface area contributed by atoms with Gasteiger partial charge in [0.1, 0.15) is 6.33 Å². The smallest absolute Gasteiger partial charge is 0.230 e. The van der Waals surface area contributed by atoms with E-state index in [1.54, 1.807) is 11.0 Å². The van der Waals surface area contributed by atoms with E-state index in [9.17, 15) is 4.79 Å². The molecule has 2 atom stereocenters. The predicted molar refractivity (Wildman–Crippen MR) is 78.6 cm³/mol. The van der Waals surface area contributed by atoms with Gasteiger partial charge in [0.15, 0.2) is 5.82 Å². The number of aryl methyl sites for hydroxylation is 1. The lowest BCUT2D eigenvalue weighted by atomic mass is 10.0. The van der Waals surface area contributed by atoms with E-state index in [0.717, 1.165) is 17.7 Å². The Morgan fingerprint density at radius 1 is 1.48 bits per heavy atom. The van der Waals surface area contributed by atoms with Crippen LogP contribution >= 0.6 is 0 Å². The molecule has 0 bridgehead atoms. The van der Waals surface area contributed by atoms with Crippen molar-refractivity contribution in [3.8, 4) is 11.4 Å². The fourth-order valence-corrected chi connectivity index (χ4v) is 2.52. The van der Waals surface area contributed by atoms with E-state index in [2.05, 4.69) is 15.4 Å². The largest absolute Gasteiger partial charge is 0.378 e. The number of rotatable bonds is 3. The number of nitrogens with one attached hydrogen (secondary N) is 1. The van der Waals surface area contributed by atoms with Gasteiger partial charge < -0.3 is 10.1 Å². The molecule has 1 fully saturated rings. The van der Waals surface area contributed by atoms with E-state index in [1.807, 2.05) is 38.2 Å². The van der Waals surface area contributed by atoms with Gasteiger partial charge in [-0.15, -0.1) is 0 Å². The minimum Gasteiger partial charge on any atom is -0.378 e. The number of ether oxygens (including phenoxy) is 1. The number of nitrogens with zero attached hydrogens (tertiary/aromatic N) is 3. The van der Waals surface area contributed by atoms with Crippen LogP contribution in [0.25, 0.3) is 11.4 Å². The first kappa shape index (κ1) is 13.8. The zero-order valence-electron chi connectivity index (χ0n) is 12.1. The molecule has 2 heterocycles. The van der Waals surface area contributed by atoms with Crippen LogP contribution in [0.2, 0.25) is 0 Å². The Morgan fingerprint density at radius 3 is 3.00 bits per heavy atom. The number of benzene rings is 1. The highest BCUT2D eigenvalue weighted by atomic mass is 16.5. The van der Waals surface area contributed by atoms with Crippen LogP contribution in [0.15, 0.2) is 30.6 Å². The molecule has 1 aromatic carbocycles. The molecule has 0 radical (unpaired) electrons. The number of amides is 1. The fourth-order valence-electron chi connectivity index (χ4n) is 2.52. The summed E-state index contributed by atoms with van der Waals surface area (Å²) < 4.78 is 7.09. The van der Waals surface area contributed by atoms with Crippen LogP contribution in [0.1, 0.15) is 13.3 Å². The maximum absolute atomic E-state index is 12.3. The van der Waals surface area contributed by atoms with E-state index in [1.165, 1.54) is 0 Å². The van der Waals surface area contributed by atoms with Crippen molar-refractivity contribution in [1.29, 1.82) is 0 Å². The number of anilines is 1. The Kier molecular flexibility index (Phi) is 3.70. The monoisotopic (exact) mass is 286 g/mol. The highest BCUT2D eigenvalue weighted by molar-refractivity contribution is 5.93. The molecule has 21 heavy (non-hydrogen) atoms. The summed E-state index contributed by atoms with van der Waals surface area (Å²) in [7, 11) is 1.82. The van der Waals surface area contributed by atoms with E-state index in [0.29, 0.717) is 12.4 Å². The molecule has 110 valence electrons.